The van der Waals surface area contributed by atoms with Crippen LogP contribution in [0.25, 0.3) is 22.3 Å². The Morgan fingerprint density at radius 1 is 0.575 bits per heavy atom. The fourth-order valence-corrected chi connectivity index (χ4v) is 5.78. The van der Waals surface area contributed by atoms with Gasteiger partial charge in [0.1, 0.15) is 0 Å². The minimum atomic E-state index is -0.978. The van der Waals surface area contributed by atoms with Crippen LogP contribution in [-0.4, -0.2) is 23.8 Å². The van der Waals surface area contributed by atoms with E-state index in [0.29, 0.717) is 0 Å². The highest BCUT2D eigenvalue weighted by molar-refractivity contribution is 6.47. The Morgan fingerprint density at radius 2 is 1.15 bits per heavy atom. The summed E-state index contributed by atoms with van der Waals surface area (Å²) in [5.41, 5.74) is 8.76. The Hall–Kier alpha value is -3.92. The summed E-state index contributed by atoms with van der Waals surface area (Å²) in [4.78, 5) is 0. The highest BCUT2D eigenvalue weighted by Gasteiger charge is 2.46. The summed E-state index contributed by atoms with van der Waals surface area (Å²) in [6, 6.07) is 45.8. The van der Waals surface area contributed by atoms with E-state index < -0.39 is 16.6 Å². The topological polar surface area (TPSA) is 29.5 Å². The Kier molecular flexibility index (Phi) is 6.53. The first kappa shape index (κ1) is 26.3. The number of hydrogen-bond donors (Lipinski definition) is 1. The lowest BCUT2D eigenvalue weighted by Gasteiger charge is -2.37. The summed E-state index contributed by atoms with van der Waals surface area (Å²) in [7, 11) is 1.75. The van der Waals surface area contributed by atoms with Crippen molar-refractivity contribution in [1.82, 2.24) is 0 Å². The average Bonchev–Trinajstić information content (AvgIpc) is 3.27. The van der Waals surface area contributed by atoms with Crippen LogP contribution in [0.1, 0.15) is 49.9 Å². The summed E-state index contributed by atoms with van der Waals surface area (Å²) >= 11 is 0. The number of rotatable bonds is 7. The fourth-order valence-electron chi connectivity index (χ4n) is 5.78. The SMILES string of the molecule is CC(C)(O)C(C)(C)O[B]c1cccc(-c2ccc3c(c2)C(c2ccccc2)(c2ccccc2)c2ccccc2-3)c1. The Morgan fingerprint density at radius 3 is 1.80 bits per heavy atom. The summed E-state index contributed by atoms with van der Waals surface area (Å²) in [6.45, 7) is 7.34. The number of hydrogen-bond acceptors (Lipinski definition) is 2. The second kappa shape index (κ2) is 9.93. The molecule has 0 saturated heterocycles. The van der Waals surface area contributed by atoms with Gasteiger partial charge in [0, 0.05) is 0 Å². The zero-order chi connectivity index (χ0) is 28.0. The van der Waals surface area contributed by atoms with Gasteiger partial charge in [0.05, 0.1) is 16.6 Å². The van der Waals surface area contributed by atoms with Crippen molar-refractivity contribution in [3.05, 3.63) is 150 Å². The van der Waals surface area contributed by atoms with Crippen LogP contribution in [0.3, 0.4) is 0 Å². The third-order valence-electron chi connectivity index (χ3n) is 8.64. The van der Waals surface area contributed by atoms with Gasteiger partial charge in [0.25, 0.3) is 0 Å². The minimum Gasteiger partial charge on any atom is -0.427 e. The van der Waals surface area contributed by atoms with E-state index in [9.17, 15) is 5.11 Å². The van der Waals surface area contributed by atoms with Crippen LogP contribution in [0.5, 0.6) is 0 Å². The van der Waals surface area contributed by atoms with Crippen molar-refractivity contribution in [2.75, 3.05) is 0 Å². The zero-order valence-electron chi connectivity index (χ0n) is 23.6. The van der Waals surface area contributed by atoms with Gasteiger partial charge in [0.15, 0.2) is 0 Å². The maximum Gasteiger partial charge on any atom is 0.330 e. The van der Waals surface area contributed by atoms with Crippen LogP contribution in [0.15, 0.2) is 127 Å². The maximum absolute atomic E-state index is 10.5. The third kappa shape index (κ3) is 4.31. The van der Waals surface area contributed by atoms with Gasteiger partial charge in [-0.25, -0.2) is 0 Å². The van der Waals surface area contributed by atoms with Crippen molar-refractivity contribution in [2.24, 2.45) is 0 Å². The van der Waals surface area contributed by atoms with Crippen molar-refractivity contribution in [3.8, 4) is 22.3 Å². The highest BCUT2D eigenvalue weighted by atomic mass is 16.5. The van der Waals surface area contributed by atoms with E-state index in [1.165, 1.54) is 33.4 Å². The molecule has 3 heteroatoms. The molecule has 0 spiro atoms. The molecule has 0 amide bonds. The van der Waals surface area contributed by atoms with E-state index in [1.54, 1.807) is 21.3 Å². The van der Waals surface area contributed by atoms with Crippen molar-refractivity contribution in [2.45, 2.75) is 44.3 Å². The lowest BCUT2D eigenvalue weighted by molar-refractivity contribution is -0.0893. The van der Waals surface area contributed by atoms with Gasteiger partial charge in [-0.3, -0.25) is 0 Å². The molecule has 1 radical (unpaired) electrons. The van der Waals surface area contributed by atoms with Gasteiger partial charge in [-0.2, -0.15) is 0 Å². The third-order valence-corrected chi connectivity index (χ3v) is 8.64. The van der Waals surface area contributed by atoms with E-state index in [0.717, 1.165) is 16.6 Å². The van der Waals surface area contributed by atoms with Crippen molar-refractivity contribution in [1.29, 1.82) is 0 Å². The Balaban J connectivity index is 1.50. The molecule has 0 saturated carbocycles. The number of benzene rings is 5. The Bertz CT molecular complexity index is 1610. The average molecular weight is 521 g/mol. The molecule has 0 unspecified atom stereocenters. The summed E-state index contributed by atoms with van der Waals surface area (Å²) in [6.07, 6.45) is 0. The standard InChI is InChI=1S/C37H34BO2/c1-35(2,39)36(3,4)40-38-30-19-13-14-26(24-30)27-22-23-32-31-20-11-12-21-33(31)37(34(32)25-27,28-15-7-5-8-16-28)29-17-9-6-10-18-29/h5-25,39H,1-4H3. The first-order valence-corrected chi connectivity index (χ1v) is 13.9. The molecule has 0 aliphatic heterocycles. The Labute approximate surface area is 238 Å². The second-order valence-electron chi connectivity index (χ2n) is 11.7. The van der Waals surface area contributed by atoms with Gasteiger partial charge < -0.3 is 9.76 Å². The molecule has 1 aliphatic rings. The van der Waals surface area contributed by atoms with Crippen molar-refractivity contribution >= 4 is 12.9 Å². The van der Waals surface area contributed by atoms with E-state index >= 15 is 0 Å². The quantitative estimate of drug-likeness (QED) is 0.220. The van der Waals surface area contributed by atoms with Gasteiger partial charge in [-0.1, -0.05) is 127 Å². The molecular weight excluding hydrogens is 487 g/mol. The molecule has 0 fully saturated rings. The van der Waals surface area contributed by atoms with E-state index in [4.69, 9.17) is 4.65 Å². The highest BCUT2D eigenvalue weighted by Crippen LogP contribution is 2.56. The van der Waals surface area contributed by atoms with Crippen LogP contribution in [0, 0.1) is 0 Å². The zero-order valence-corrected chi connectivity index (χ0v) is 23.6. The molecule has 0 heterocycles. The number of aliphatic hydroxyl groups is 1. The number of fused-ring (bicyclic) bond motifs is 3. The molecule has 2 nitrogen and oxygen atoms in total. The van der Waals surface area contributed by atoms with Gasteiger partial charge in [0.2, 0.25) is 0 Å². The van der Waals surface area contributed by atoms with E-state index in [-0.39, 0.29) is 0 Å². The summed E-state index contributed by atoms with van der Waals surface area (Å²) < 4.78 is 6.06. The molecule has 0 aromatic heterocycles. The predicted octanol–water partition coefficient (Wildman–Crippen LogP) is 7.53. The molecule has 40 heavy (non-hydrogen) atoms. The normalized spacial score (nSPS) is 13.9. The van der Waals surface area contributed by atoms with Crippen molar-refractivity contribution in [3.63, 3.8) is 0 Å². The largest absolute Gasteiger partial charge is 0.427 e. The maximum atomic E-state index is 10.5. The lowest BCUT2D eigenvalue weighted by Crippen LogP contribution is -2.49. The van der Waals surface area contributed by atoms with Gasteiger partial charge in [-0.15, -0.1) is 0 Å². The minimum absolute atomic E-state index is 0.423. The fraction of sp³-hybridized carbons (Fsp3) is 0.189. The predicted molar refractivity (Wildman–Crippen MR) is 166 cm³/mol. The van der Waals surface area contributed by atoms with Crippen LogP contribution >= 0.6 is 0 Å². The molecule has 197 valence electrons. The second-order valence-corrected chi connectivity index (χ2v) is 11.7. The smallest absolute Gasteiger partial charge is 0.330 e. The summed E-state index contributed by atoms with van der Waals surface area (Å²) in [5.74, 6) is 0. The van der Waals surface area contributed by atoms with Crippen LogP contribution in [0.4, 0.5) is 0 Å². The first-order valence-electron chi connectivity index (χ1n) is 13.9. The molecular formula is C37H34BO2. The molecule has 5 aromatic rings. The van der Waals surface area contributed by atoms with Crippen LogP contribution < -0.4 is 5.46 Å². The van der Waals surface area contributed by atoms with Gasteiger partial charge in [-0.05, 0) is 78.3 Å². The van der Waals surface area contributed by atoms with Crippen LogP contribution in [0.2, 0.25) is 0 Å². The van der Waals surface area contributed by atoms with Crippen molar-refractivity contribution < 1.29 is 9.76 Å². The molecule has 6 rings (SSSR count). The lowest BCUT2D eigenvalue weighted by atomic mass is 9.67. The summed E-state index contributed by atoms with van der Waals surface area (Å²) in [5, 5.41) is 10.5. The molecule has 1 aliphatic carbocycles. The monoisotopic (exact) mass is 521 g/mol. The molecule has 1 N–H and O–H groups in total. The van der Waals surface area contributed by atoms with E-state index in [2.05, 4.69) is 121 Å². The van der Waals surface area contributed by atoms with Gasteiger partial charge >= 0.3 is 7.48 Å². The first-order chi connectivity index (χ1) is 19.2. The molecule has 0 bridgehead atoms. The van der Waals surface area contributed by atoms with E-state index in [1.807, 2.05) is 19.9 Å². The molecule has 0 atom stereocenters. The molecule has 5 aromatic carbocycles. The van der Waals surface area contributed by atoms with Crippen LogP contribution in [-0.2, 0) is 10.1 Å².